The SMILES string of the molecule is COc1ccc(Br)cc1CC(O)c1cccc(Cl)c1Cl. The Morgan fingerprint density at radius 1 is 1.25 bits per heavy atom. The number of hydrogen-bond acceptors (Lipinski definition) is 2. The van der Waals surface area contributed by atoms with Crippen LogP contribution < -0.4 is 4.74 Å². The molecule has 0 saturated heterocycles. The van der Waals surface area contributed by atoms with Gasteiger partial charge in [0.2, 0.25) is 0 Å². The van der Waals surface area contributed by atoms with Crippen LogP contribution in [0.2, 0.25) is 10.0 Å². The quantitative estimate of drug-likeness (QED) is 0.810. The van der Waals surface area contributed by atoms with Crippen molar-refractivity contribution in [3.8, 4) is 5.75 Å². The molecule has 1 atom stereocenters. The molecule has 0 bridgehead atoms. The number of aliphatic hydroxyl groups is 1. The molecule has 106 valence electrons. The summed E-state index contributed by atoms with van der Waals surface area (Å²) < 4.78 is 6.23. The van der Waals surface area contributed by atoms with Crippen LogP contribution >= 0.6 is 39.1 Å². The molecule has 0 aliphatic rings. The predicted molar refractivity (Wildman–Crippen MR) is 85.8 cm³/mol. The van der Waals surface area contributed by atoms with Crippen LogP contribution in [0.5, 0.6) is 5.75 Å². The van der Waals surface area contributed by atoms with Gasteiger partial charge in [-0.15, -0.1) is 0 Å². The van der Waals surface area contributed by atoms with Crippen LogP contribution in [0.15, 0.2) is 40.9 Å². The Morgan fingerprint density at radius 3 is 2.70 bits per heavy atom. The third-order valence-corrected chi connectivity index (χ3v) is 4.32. The van der Waals surface area contributed by atoms with Gasteiger partial charge in [0.1, 0.15) is 5.75 Å². The highest BCUT2D eigenvalue weighted by Crippen LogP contribution is 2.33. The zero-order valence-electron chi connectivity index (χ0n) is 10.7. The maximum atomic E-state index is 10.4. The maximum absolute atomic E-state index is 10.4. The van der Waals surface area contributed by atoms with Crippen LogP contribution in [0.3, 0.4) is 0 Å². The number of aliphatic hydroxyl groups excluding tert-OH is 1. The Hall–Kier alpha value is -0.740. The fourth-order valence-electron chi connectivity index (χ4n) is 2.00. The topological polar surface area (TPSA) is 29.5 Å². The molecule has 0 aromatic heterocycles. The van der Waals surface area contributed by atoms with E-state index in [1.165, 1.54) is 0 Å². The summed E-state index contributed by atoms with van der Waals surface area (Å²) in [6, 6.07) is 10.9. The van der Waals surface area contributed by atoms with Gasteiger partial charge in [-0.25, -0.2) is 0 Å². The van der Waals surface area contributed by atoms with E-state index < -0.39 is 6.10 Å². The van der Waals surface area contributed by atoms with E-state index >= 15 is 0 Å². The van der Waals surface area contributed by atoms with Crippen molar-refractivity contribution in [2.45, 2.75) is 12.5 Å². The molecular formula is C15H13BrCl2O2. The Kier molecular flexibility index (Phi) is 5.33. The average molecular weight is 376 g/mol. The number of ether oxygens (including phenoxy) is 1. The minimum absolute atomic E-state index is 0.385. The second-order valence-corrected chi connectivity index (χ2v) is 6.02. The Bertz CT molecular complexity index is 617. The number of hydrogen-bond donors (Lipinski definition) is 1. The number of halogens is 3. The third kappa shape index (κ3) is 3.47. The van der Waals surface area contributed by atoms with E-state index in [0.717, 1.165) is 15.8 Å². The van der Waals surface area contributed by atoms with Gasteiger partial charge in [-0.2, -0.15) is 0 Å². The molecule has 0 heterocycles. The lowest BCUT2D eigenvalue weighted by atomic mass is 10.0. The normalized spacial score (nSPS) is 12.2. The van der Waals surface area contributed by atoms with Crippen molar-refractivity contribution in [1.29, 1.82) is 0 Å². The zero-order valence-corrected chi connectivity index (χ0v) is 13.8. The molecule has 0 saturated carbocycles. The van der Waals surface area contributed by atoms with Crippen molar-refractivity contribution in [2.75, 3.05) is 7.11 Å². The summed E-state index contributed by atoms with van der Waals surface area (Å²) in [6.45, 7) is 0. The molecule has 20 heavy (non-hydrogen) atoms. The summed E-state index contributed by atoms with van der Waals surface area (Å²) in [7, 11) is 1.60. The van der Waals surface area contributed by atoms with E-state index in [9.17, 15) is 5.11 Å². The molecule has 5 heteroatoms. The van der Waals surface area contributed by atoms with E-state index in [-0.39, 0.29) is 0 Å². The highest BCUT2D eigenvalue weighted by atomic mass is 79.9. The van der Waals surface area contributed by atoms with Crippen LogP contribution in [0.25, 0.3) is 0 Å². The monoisotopic (exact) mass is 374 g/mol. The fourth-order valence-corrected chi connectivity index (χ4v) is 2.85. The van der Waals surface area contributed by atoms with Gasteiger partial charge in [0, 0.05) is 16.5 Å². The Balaban J connectivity index is 2.30. The van der Waals surface area contributed by atoms with Gasteiger partial charge >= 0.3 is 0 Å². The van der Waals surface area contributed by atoms with Gasteiger partial charge in [0.05, 0.1) is 23.3 Å². The van der Waals surface area contributed by atoms with Crippen molar-refractivity contribution < 1.29 is 9.84 Å². The van der Waals surface area contributed by atoms with Crippen molar-refractivity contribution in [2.24, 2.45) is 0 Å². The van der Waals surface area contributed by atoms with E-state index in [1.54, 1.807) is 25.3 Å². The third-order valence-electron chi connectivity index (χ3n) is 3.00. The molecule has 0 aliphatic carbocycles. The summed E-state index contributed by atoms with van der Waals surface area (Å²) >= 11 is 15.5. The first-order valence-electron chi connectivity index (χ1n) is 5.97. The number of rotatable bonds is 4. The molecule has 1 unspecified atom stereocenters. The minimum Gasteiger partial charge on any atom is -0.496 e. The lowest BCUT2D eigenvalue weighted by Crippen LogP contribution is -2.04. The highest BCUT2D eigenvalue weighted by molar-refractivity contribution is 9.10. The number of benzene rings is 2. The van der Waals surface area contributed by atoms with E-state index in [1.807, 2.05) is 18.2 Å². The van der Waals surface area contributed by atoms with Gasteiger partial charge in [-0.3, -0.25) is 0 Å². The lowest BCUT2D eigenvalue weighted by Gasteiger charge is -2.16. The molecule has 0 fully saturated rings. The molecule has 2 aromatic rings. The fraction of sp³-hybridized carbons (Fsp3) is 0.200. The molecule has 2 aromatic carbocycles. The van der Waals surface area contributed by atoms with Gasteiger partial charge in [0.25, 0.3) is 0 Å². The molecular weight excluding hydrogens is 363 g/mol. The summed E-state index contributed by atoms with van der Waals surface area (Å²) in [6.07, 6.45) is -0.354. The molecule has 1 N–H and O–H groups in total. The first-order valence-corrected chi connectivity index (χ1v) is 7.52. The van der Waals surface area contributed by atoms with Crippen molar-refractivity contribution in [1.82, 2.24) is 0 Å². The summed E-state index contributed by atoms with van der Waals surface area (Å²) in [5, 5.41) is 11.2. The Morgan fingerprint density at radius 2 is 2.00 bits per heavy atom. The Labute approximate surface area is 136 Å². The second kappa shape index (κ2) is 6.81. The molecule has 2 rings (SSSR count). The maximum Gasteiger partial charge on any atom is 0.122 e. The predicted octanol–water partition coefficient (Wildman–Crippen LogP) is 5.04. The number of methoxy groups -OCH3 is 1. The molecule has 2 nitrogen and oxygen atoms in total. The molecule has 0 radical (unpaired) electrons. The molecule has 0 spiro atoms. The van der Waals surface area contributed by atoms with Crippen LogP contribution in [0.4, 0.5) is 0 Å². The zero-order chi connectivity index (χ0) is 14.7. The van der Waals surface area contributed by atoms with Crippen molar-refractivity contribution >= 4 is 39.1 Å². The minimum atomic E-state index is -0.746. The van der Waals surface area contributed by atoms with Crippen LogP contribution in [-0.2, 0) is 6.42 Å². The molecule has 0 amide bonds. The van der Waals surface area contributed by atoms with Gasteiger partial charge in [-0.05, 0) is 29.8 Å². The molecule has 0 aliphatic heterocycles. The summed E-state index contributed by atoms with van der Waals surface area (Å²) in [5.74, 6) is 0.727. The average Bonchev–Trinajstić information content (AvgIpc) is 2.42. The van der Waals surface area contributed by atoms with E-state index in [4.69, 9.17) is 27.9 Å². The van der Waals surface area contributed by atoms with Crippen molar-refractivity contribution in [3.05, 3.63) is 62.0 Å². The largest absolute Gasteiger partial charge is 0.496 e. The summed E-state index contributed by atoms with van der Waals surface area (Å²) in [5.41, 5.74) is 1.51. The van der Waals surface area contributed by atoms with Crippen LogP contribution in [-0.4, -0.2) is 12.2 Å². The van der Waals surface area contributed by atoms with Crippen LogP contribution in [0.1, 0.15) is 17.2 Å². The van der Waals surface area contributed by atoms with Crippen LogP contribution in [0, 0.1) is 0 Å². The highest BCUT2D eigenvalue weighted by Gasteiger charge is 2.16. The van der Waals surface area contributed by atoms with E-state index in [0.29, 0.717) is 22.0 Å². The smallest absolute Gasteiger partial charge is 0.122 e. The summed E-state index contributed by atoms with van der Waals surface area (Å²) in [4.78, 5) is 0. The lowest BCUT2D eigenvalue weighted by molar-refractivity contribution is 0.177. The van der Waals surface area contributed by atoms with E-state index in [2.05, 4.69) is 15.9 Å². The van der Waals surface area contributed by atoms with Crippen molar-refractivity contribution in [3.63, 3.8) is 0 Å². The first kappa shape index (κ1) is 15.6. The standard InChI is InChI=1S/C15H13BrCl2O2/c1-20-14-6-5-10(16)7-9(14)8-13(19)11-3-2-4-12(17)15(11)18/h2-7,13,19H,8H2,1H3. The van der Waals surface area contributed by atoms with Gasteiger partial charge < -0.3 is 9.84 Å². The van der Waals surface area contributed by atoms with Gasteiger partial charge in [-0.1, -0.05) is 51.3 Å². The first-order chi connectivity index (χ1) is 9.52. The van der Waals surface area contributed by atoms with Gasteiger partial charge in [0.15, 0.2) is 0 Å². The second-order valence-electron chi connectivity index (χ2n) is 4.32.